The molecule has 1 atom stereocenters. The molecule has 1 unspecified atom stereocenters. The molecule has 4 nitrogen and oxygen atoms in total. The minimum absolute atomic E-state index is 0. The smallest absolute Gasteiger partial charge is 0.206 e. The standard InChI is InChI=1S/C11H12F2.C10H12.2CO2.CH4/c1-10(8-11(10,12)13)7-9-5-3-2-4-6-9;1-9(2)8-10-6-4-3-5-7-10;2*2-1-3;/h2-6H,7-8H2,1H3;3-7H,1,8H2,2H3;;;1H4. The van der Waals surface area contributed by atoms with E-state index < -0.39 is 11.3 Å². The summed E-state index contributed by atoms with van der Waals surface area (Å²) in [5.74, 6) is -2.44. The Bertz CT molecular complexity index is 796. The second-order valence-corrected chi connectivity index (χ2v) is 6.89. The lowest BCUT2D eigenvalue weighted by molar-refractivity contribution is -0.193. The highest BCUT2D eigenvalue weighted by Gasteiger charge is 2.67. The molecule has 2 aromatic rings. The summed E-state index contributed by atoms with van der Waals surface area (Å²) in [4.78, 5) is 32.5. The van der Waals surface area contributed by atoms with Crippen LogP contribution in [0, 0.1) is 5.41 Å². The number of halogens is 2. The van der Waals surface area contributed by atoms with Crippen molar-refractivity contribution >= 4 is 12.3 Å². The van der Waals surface area contributed by atoms with Gasteiger partial charge in [0.25, 0.3) is 5.92 Å². The third-order valence-electron chi connectivity index (χ3n) is 4.16. The predicted molar refractivity (Wildman–Crippen MR) is 110 cm³/mol. The highest BCUT2D eigenvalue weighted by molar-refractivity contribution is 5.22. The second kappa shape index (κ2) is 14.7. The van der Waals surface area contributed by atoms with Gasteiger partial charge in [-0.15, -0.1) is 0 Å². The second-order valence-electron chi connectivity index (χ2n) is 6.89. The minimum atomic E-state index is -2.44. The number of benzene rings is 2. The Morgan fingerprint density at radius 2 is 1.23 bits per heavy atom. The summed E-state index contributed by atoms with van der Waals surface area (Å²) >= 11 is 0. The Labute approximate surface area is 176 Å². The molecule has 0 saturated heterocycles. The van der Waals surface area contributed by atoms with Gasteiger partial charge in [-0.25, -0.2) is 8.78 Å². The van der Waals surface area contributed by atoms with Crippen LogP contribution >= 0.6 is 0 Å². The lowest BCUT2D eigenvalue weighted by Gasteiger charge is -2.09. The molecular weight excluding hydrogens is 390 g/mol. The molecule has 3 rings (SSSR count). The number of carbonyl (C=O) groups excluding carboxylic acids is 4. The summed E-state index contributed by atoms with van der Waals surface area (Å²) in [7, 11) is 0. The van der Waals surface area contributed by atoms with E-state index in [1.54, 1.807) is 6.92 Å². The van der Waals surface area contributed by atoms with E-state index >= 15 is 0 Å². The van der Waals surface area contributed by atoms with Crippen molar-refractivity contribution < 1.29 is 28.0 Å². The highest BCUT2D eigenvalue weighted by atomic mass is 19.3. The number of hydrogen-bond acceptors (Lipinski definition) is 4. The summed E-state index contributed by atoms with van der Waals surface area (Å²) in [6, 6.07) is 19.9. The number of rotatable bonds is 4. The van der Waals surface area contributed by atoms with E-state index in [0.29, 0.717) is 6.42 Å². The maximum Gasteiger partial charge on any atom is 0.373 e. The van der Waals surface area contributed by atoms with Crippen molar-refractivity contribution in [2.75, 3.05) is 0 Å². The molecule has 1 aliphatic carbocycles. The molecule has 0 N–H and O–H groups in total. The summed E-state index contributed by atoms with van der Waals surface area (Å²) in [6.07, 6.45) is 2.02. The van der Waals surface area contributed by atoms with Crippen molar-refractivity contribution in [3.05, 3.63) is 83.9 Å². The molecule has 0 aromatic heterocycles. The highest BCUT2D eigenvalue weighted by Crippen LogP contribution is 2.61. The van der Waals surface area contributed by atoms with E-state index in [1.165, 1.54) is 11.1 Å². The molecule has 0 aliphatic heterocycles. The average Bonchev–Trinajstić information content (AvgIpc) is 3.14. The maximum atomic E-state index is 12.9. The summed E-state index contributed by atoms with van der Waals surface area (Å²) < 4.78 is 25.7. The van der Waals surface area contributed by atoms with Crippen LogP contribution in [0.4, 0.5) is 8.78 Å². The molecule has 0 radical (unpaired) electrons. The third-order valence-corrected chi connectivity index (χ3v) is 4.16. The zero-order valence-electron chi connectivity index (χ0n) is 16.5. The van der Waals surface area contributed by atoms with Crippen molar-refractivity contribution in [3.63, 3.8) is 0 Å². The van der Waals surface area contributed by atoms with Crippen molar-refractivity contribution in [1.82, 2.24) is 0 Å². The van der Waals surface area contributed by atoms with Crippen molar-refractivity contribution in [2.45, 2.75) is 46.5 Å². The Morgan fingerprint density at radius 1 is 0.900 bits per heavy atom. The van der Waals surface area contributed by atoms with Crippen molar-refractivity contribution in [3.8, 4) is 0 Å². The lowest BCUT2D eigenvalue weighted by atomic mass is 9.98. The maximum absolute atomic E-state index is 12.9. The minimum Gasteiger partial charge on any atom is -0.206 e. The largest absolute Gasteiger partial charge is 0.373 e. The van der Waals surface area contributed by atoms with Gasteiger partial charge in [0.1, 0.15) is 0 Å². The van der Waals surface area contributed by atoms with E-state index in [9.17, 15) is 8.78 Å². The first-order chi connectivity index (χ1) is 13.7. The van der Waals surface area contributed by atoms with Gasteiger partial charge in [0.15, 0.2) is 0 Å². The molecule has 162 valence electrons. The topological polar surface area (TPSA) is 68.3 Å². The van der Waals surface area contributed by atoms with Crippen LogP contribution < -0.4 is 0 Å². The van der Waals surface area contributed by atoms with Gasteiger partial charge in [-0.2, -0.15) is 19.2 Å². The monoisotopic (exact) mass is 418 g/mol. The van der Waals surface area contributed by atoms with E-state index in [4.69, 9.17) is 19.2 Å². The molecule has 0 amide bonds. The Morgan fingerprint density at radius 3 is 1.53 bits per heavy atom. The van der Waals surface area contributed by atoms with Gasteiger partial charge < -0.3 is 0 Å². The van der Waals surface area contributed by atoms with Gasteiger partial charge in [-0.3, -0.25) is 0 Å². The first kappa shape index (κ1) is 29.0. The Hall–Kier alpha value is -3.20. The van der Waals surface area contributed by atoms with Gasteiger partial charge in [0.2, 0.25) is 0 Å². The fourth-order valence-corrected chi connectivity index (χ4v) is 2.63. The first-order valence-corrected chi connectivity index (χ1v) is 8.74. The molecule has 0 heterocycles. The van der Waals surface area contributed by atoms with E-state index in [2.05, 4.69) is 30.8 Å². The molecule has 1 saturated carbocycles. The van der Waals surface area contributed by atoms with E-state index in [1.807, 2.05) is 43.3 Å². The first-order valence-electron chi connectivity index (χ1n) is 8.74. The normalized spacial score (nSPS) is 16.7. The van der Waals surface area contributed by atoms with Gasteiger partial charge in [-0.1, -0.05) is 87.2 Å². The number of hydrogen-bond donors (Lipinski definition) is 0. The number of allylic oxidation sites excluding steroid dienone is 1. The van der Waals surface area contributed by atoms with Crippen LogP contribution in [-0.2, 0) is 32.0 Å². The number of alkyl halides is 2. The van der Waals surface area contributed by atoms with Crippen molar-refractivity contribution in [2.24, 2.45) is 5.41 Å². The Balaban J connectivity index is 0. The zero-order valence-corrected chi connectivity index (χ0v) is 16.5. The molecule has 1 aliphatic rings. The van der Waals surface area contributed by atoms with Crippen LogP contribution in [-0.4, -0.2) is 18.2 Å². The fourth-order valence-electron chi connectivity index (χ4n) is 2.63. The van der Waals surface area contributed by atoms with Crippen LogP contribution in [0.3, 0.4) is 0 Å². The van der Waals surface area contributed by atoms with Gasteiger partial charge in [0.05, 0.1) is 0 Å². The van der Waals surface area contributed by atoms with Gasteiger partial charge >= 0.3 is 12.3 Å². The molecule has 2 aromatic carbocycles. The quantitative estimate of drug-likeness (QED) is 0.611. The molecule has 6 heteroatoms. The SMILES string of the molecule is C.C=C(C)Cc1ccccc1.CC1(Cc2ccccc2)CC1(F)F.O=C=O.O=C=O. The van der Waals surface area contributed by atoms with Crippen LogP contribution in [0.2, 0.25) is 0 Å². The predicted octanol–water partition coefficient (Wildman–Crippen LogP) is 5.55. The molecule has 0 spiro atoms. The summed E-state index contributed by atoms with van der Waals surface area (Å²) in [5.41, 5.74) is 2.78. The molecule has 0 bridgehead atoms. The van der Waals surface area contributed by atoms with Gasteiger partial charge in [-0.05, 0) is 30.9 Å². The van der Waals surface area contributed by atoms with Crippen LogP contribution in [0.1, 0.15) is 38.8 Å². The lowest BCUT2D eigenvalue weighted by Crippen LogP contribution is -2.09. The molecular formula is C24H28F2O4. The summed E-state index contributed by atoms with van der Waals surface area (Å²) in [6.45, 7) is 7.55. The van der Waals surface area contributed by atoms with Crippen LogP contribution in [0.25, 0.3) is 0 Å². The van der Waals surface area contributed by atoms with Crippen LogP contribution in [0.5, 0.6) is 0 Å². The van der Waals surface area contributed by atoms with Crippen molar-refractivity contribution in [1.29, 1.82) is 0 Å². The van der Waals surface area contributed by atoms with E-state index in [0.717, 1.165) is 12.0 Å². The molecule has 1 fully saturated rings. The Kier molecular flexibility index (Phi) is 14.3. The zero-order chi connectivity index (χ0) is 22.3. The van der Waals surface area contributed by atoms with Crippen LogP contribution in [0.15, 0.2) is 72.8 Å². The van der Waals surface area contributed by atoms with E-state index in [-0.39, 0.29) is 26.2 Å². The fraction of sp³-hybridized carbons (Fsp3) is 0.333. The molecule has 30 heavy (non-hydrogen) atoms. The summed E-state index contributed by atoms with van der Waals surface area (Å²) in [5, 5.41) is 0. The average molecular weight is 418 g/mol. The third kappa shape index (κ3) is 11.6. The van der Waals surface area contributed by atoms with Gasteiger partial charge in [0, 0.05) is 11.8 Å².